The summed E-state index contributed by atoms with van der Waals surface area (Å²) in [5, 5.41) is 0.679. The minimum Gasteiger partial charge on any atom is -0.496 e. The van der Waals surface area contributed by atoms with Crippen LogP contribution in [0.1, 0.15) is 20.8 Å². The van der Waals surface area contributed by atoms with Gasteiger partial charge in [0.1, 0.15) is 5.75 Å². The monoisotopic (exact) mass is 408 g/mol. The molecule has 18 heavy (non-hydrogen) atoms. The quantitative estimate of drug-likeness (QED) is 0.567. The maximum Gasteiger partial charge on any atom is 0.125 e. The van der Waals surface area contributed by atoms with Crippen molar-refractivity contribution < 1.29 is 4.74 Å². The van der Waals surface area contributed by atoms with Crippen molar-refractivity contribution >= 4 is 54.8 Å². The molecule has 0 saturated heterocycles. The van der Waals surface area contributed by atoms with Gasteiger partial charge in [0.2, 0.25) is 0 Å². The number of benzene rings is 1. The van der Waals surface area contributed by atoms with E-state index in [4.69, 9.17) is 16.3 Å². The van der Waals surface area contributed by atoms with Gasteiger partial charge in [-0.2, -0.15) is 0 Å². The first kappa shape index (κ1) is 14.4. The number of halogens is 3. The average molecular weight is 411 g/mol. The number of methoxy groups -OCH3 is 1. The SMILES string of the molecule is COc1cc(Cl)ccc1C(Br)c1cc(C)c(Br)s1. The van der Waals surface area contributed by atoms with Crippen LogP contribution in [0.4, 0.5) is 0 Å². The second-order valence-electron chi connectivity index (χ2n) is 3.85. The molecule has 0 bridgehead atoms. The molecule has 0 aliphatic carbocycles. The number of thiophene rings is 1. The Balaban J connectivity index is 2.42. The van der Waals surface area contributed by atoms with E-state index in [0.717, 1.165) is 15.1 Å². The van der Waals surface area contributed by atoms with E-state index in [1.54, 1.807) is 18.4 Å². The number of hydrogen-bond acceptors (Lipinski definition) is 2. The summed E-state index contributed by atoms with van der Waals surface area (Å²) < 4.78 is 6.55. The first-order valence-corrected chi connectivity index (χ1v) is 8.16. The van der Waals surface area contributed by atoms with Crippen LogP contribution >= 0.6 is 54.8 Å². The van der Waals surface area contributed by atoms with Crippen LogP contribution < -0.4 is 4.74 Å². The summed E-state index contributed by atoms with van der Waals surface area (Å²) in [6.07, 6.45) is 0. The Hall–Kier alpha value is -0.0300. The average Bonchev–Trinajstić information content (AvgIpc) is 2.68. The van der Waals surface area contributed by atoms with Crippen molar-refractivity contribution in [2.75, 3.05) is 7.11 Å². The van der Waals surface area contributed by atoms with Gasteiger partial charge in [0.05, 0.1) is 15.7 Å². The molecule has 0 aliphatic heterocycles. The van der Waals surface area contributed by atoms with Gasteiger partial charge in [0, 0.05) is 15.5 Å². The minimum absolute atomic E-state index is 0.111. The summed E-state index contributed by atoms with van der Waals surface area (Å²) >= 11 is 15.0. The molecule has 0 amide bonds. The van der Waals surface area contributed by atoms with Gasteiger partial charge in [0.25, 0.3) is 0 Å². The van der Waals surface area contributed by atoms with Gasteiger partial charge in [-0.05, 0) is 46.6 Å². The molecule has 1 aromatic heterocycles. The van der Waals surface area contributed by atoms with E-state index >= 15 is 0 Å². The smallest absolute Gasteiger partial charge is 0.125 e. The van der Waals surface area contributed by atoms with E-state index in [1.807, 2.05) is 18.2 Å². The number of aryl methyl sites for hydroxylation is 1. The van der Waals surface area contributed by atoms with Crippen LogP contribution in [0.5, 0.6) is 5.75 Å². The van der Waals surface area contributed by atoms with Crippen molar-refractivity contribution in [1.82, 2.24) is 0 Å². The third-order valence-electron chi connectivity index (χ3n) is 2.59. The second kappa shape index (κ2) is 5.95. The Morgan fingerprint density at radius 1 is 1.33 bits per heavy atom. The highest BCUT2D eigenvalue weighted by Crippen LogP contribution is 2.42. The molecule has 1 unspecified atom stereocenters. The highest BCUT2D eigenvalue weighted by Gasteiger charge is 2.18. The summed E-state index contributed by atoms with van der Waals surface area (Å²) in [5.41, 5.74) is 2.32. The summed E-state index contributed by atoms with van der Waals surface area (Å²) in [7, 11) is 1.66. The zero-order valence-electron chi connectivity index (χ0n) is 9.84. The van der Waals surface area contributed by atoms with Gasteiger partial charge in [-0.1, -0.05) is 33.6 Å². The zero-order valence-corrected chi connectivity index (χ0v) is 14.6. The molecule has 1 atom stereocenters. The molecule has 0 radical (unpaired) electrons. The predicted octanol–water partition coefficient (Wildman–Crippen LogP) is 5.97. The molecule has 5 heteroatoms. The minimum atomic E-state index is 0.111. The van der Waals surface area contributed by atoms with E-state index in [9.17, 15) is 0 Å². The standard InChI is InChI=1S/C13H11Br2ClOS/c1-7-5-11(18-13(7)15)12(14)9-4-3-8(16)6-10(9)17-2/h3-6,12H,1-2H3. The molecule has 2 aromatic rings. The lowest BCUT2D eigenvalue weighted by molar-refractivity contribution is 0.410. The lowest BCUT2D eigenvalue weighted by Gasteiger charge is -2.13. The molecular weight excluding hydrogens is 399 g/mol. The molecule has 2 rings (SSSR count). The maximum atomic E-state index is 5.98. The van der Waals surface area contributed by atoms with Crippen LogP contribution in [0.3, 0.4) is 0 Å². The van der Waals surface area contributed by atoms with E-state index in [1.165, 1.54) is 10.4 Å². The van der Waals surface area contributed by atoms with Gasteiger partial charge in [-0.15, -0.1) is 11.3 Å². The Labute approximate surface area is 132 Å². The molecule has 1 nitrogen and oxygen atoms in total. The fourth-order valence-corrected chi connectivity index (χ4v) is 4.18. The number of rotatable bonds is 3. The normalized spacial score (nSPS) is 12.5. The number of ether oxygens (including phenoxy) is 1. The Kier molecular flexibility index (Phi) is 4.75. The largest absolute Gasteiger partial charge is 0.496 e. The van der Waals surface area contributed by atoms with Crippen molar-refractivity contribution in [2.24, 2.45) is 0 Å². The molecular formula is C13H11Br2ClOS. The van der Waals surface area contributed by atoms with Crippen LogP contribution in [-0.4, -0.2) is 7.11 Å². The van der Waals surface area contributed by atoms with Crippen LogP contribution in [-0.2, 0) is 0 Å². The van der Waals surface area contributed by atoms with Gasteiger partial charge >= 0.3 is 0 Å². The van der Waals surface area contributed by atoms with Crippen molar-refractivity contribution in [3.63, 3.8) is 0 Å². The van der Waals surface area contributed by atoms with Crippen LogP contribution in [0.25, 0.3) is 0 Å². The summed E-state index contributed by atoms with van der Waals surface area (Å²) in [5.74, 6) is 0.798. The Morgan fingerprint density at radius 2 is 2.06 bits per heavy atom. The second-order valence-corrected chi connectivity index (χ2v) is 7.61. The highest BCUT2D eigenvalue weighted by atomic mass is 79.9. The summed E-state index contributed by atoms with van der Waals surface area (Å²) in [6, 6.07) is 7.87. The molecule has 0 saturated carbocycles. The molecule has 1 heterocycles. The van der Waals surface area contributed by atoms with Gasteiger partial charge in [0.15, 0.2) is 0 Å². The van der Waals surface area contributed by atoms with Gasteiger partial charge < -0.3 is 4.74 Å². The highest BCUT2D eigenvalue weighted by molar-refractivity contribution is 9.11. The summed E-state index contributed by atoms with van der Waals surface area (Å²) in [4.78, 5) is 1.35. The third kappa shape index (κ3) is 2.93. The first-order valence-electron chi connectivity index (χ1n) is 5.26. The lowest BCUT2D eigenvalue weighted by Crippen LogP contribution is -1.95. The van der Waals surface area contributed by atoms with E-state index in [0.29, 0.717) is 5.02 Å². The number of alkyl halides is 1. The Bertz CT molecular complexity index is 549. The molecule has 0 spiro atoms. The fraction of sp³-hybridized carbons (Fsp3) is 0.231. The predicted molar refractivity (Wildman–Crippen MR) is 85.5 cm³/mol. The van der Waals surface area contributed by atoms with E-state index in [2.05, 4.69) is 44.8 Å². The van der Waals surface area contributed by atoms with Crippen LogP contribution in [0, 0.1) is 6.92 Å². The van der Waals surface area contributed by atoms with Gasteiger partial charge in [-0.25, -0.2) is 0 Å². The molecule has 0 aliphatic rings. The van der Waals surface area contributed by atoms with Crippen LogP contribution in [0.2, 0.25) is 5.02 Å². The van der Waals surface area contributed by atoms with E-state index < -0.39 is 0 Å². The van der Waals surface area contributed by atoms with Crippen molar-refractivity contribution in [3.8, 4) is 5.75 Å². The van der Waals surface area contributed by atoms with Crippen molar-refractivity contribution in [2.45, 2.75) is 11.8 Å². The van der Waals surface area contributed by atoms with Crippen molar-refractivity contribution in [3.05, 3.63) is 49.1 Å². The van der Waals surface area contributed by atoms with Crippen molar-refractivity contribution in [1.29, 1.82) is 0 Å². The molecule has 1 aromatic carbocycles. The first-order chi connectivity index (χ1) is 8.52. The topological polar surface area (TPSA) is 9.23 Å². The Morgan fingerprint density at radius 3 is 2.61 bits per heavy atom. The maximum absolute atomic E-state index is 5.98. The zero-order chi connectivity index (χ0) is 13.3. The van der Waals surface area contributed by atoms with E-state index in [-0.39, 0.29) is 4.83 Å². The molecule has 0 fully saturated rings. The molecule has 0 N–H and O–H groups in total. The van der Waals surface area contributed by atoms with Crippen LogP contribution in [0.15, 0.2) is 28.1 Å². The van der Waals surface area contributed by atoms with Gasteiger partial charge in [-0.3, -0.25) is 0 Å². The fourth-order valence-electron chi connectivity index (χ4n) is 1.66. The summed E-state index contributed by atoms with van der Waals surface area (Å²) in [6.45, 7) is 2.09. The lowest BCUT2D eigenvalue weighted by atomic mass is 10.1. The number of hydrogen-bond donors (Lipinski definition) is 0. The third-order valence-corrected chi connectivity index (χ3v) is 6.32. The molecule has 96 valence electrons.